The Morgan fingerprint density at radius 2 is 2.75 bits per heavy atom. The van der Waals surface area contributed by atoms with Crippen LogP contribution in [0.25, 0.3) is 0 Å². The molecule has 1 atom stereocenters. The second kappa shape index (κ2) is 2.65. The van der Waals surface area contributed by atoms with Crippen LogP contribution in [0, 0.1) is 0 Å². The van der Waals surface area contributed by atoms with Gasteiger partial charge in [-0.25, -0.2) is 0 Å². The Morgan fingerprint density at radius 1 is 2.00 bits per heavy atom. The van der Waals surface area contributed by atoms with Crippen molar-refractivity contribution in [2.24, 2.45) is 0 Å². The summed E-state index contributed by atoms with van der Waals surface area (Å²) in [6, 6.07) is 0. The molecule has 0 amide bonds. The molecule has 1 nitrogen and oxygen atoms in total. The van der Waals surface area contributed by atoms with Crippen LogP contribution in [-0.4, -0.2) is 11.3 Å². The van der Waals surface area contributed by atoms with Crippen molar-refractivity contribution in [1.82, 2.24) is 5.32 Å². The molecular weight excluding hydrogens is 142 g/mol. The molecule has 0 aromatic heterocycles. The minimum absolute atomic E-state index is 0.517. The second-order valence-electron chi connectivity index (χ2n) is 1.70. The molecule has 1 heterocycles. The summed E-state index contributed by atoms with van der Waals surface area (Å²) in [6.07, 6.45) is 0. The molecule has 0 aliphatic carbocycles. The molecule has 0 saturated carbocycles. The van der Waals surface area contributed by atoms with Gasteiger partial charge in [-0.3, -0.25) is 0 Å². The van der Waals surface area contributed by atoms with Crippen LogP contribution in [0.15, 0.2) is 11.1 Å². The van der Waals surface area contributed by atoms with Gasteiger partial charge in [-0.15, -0.1) is 23.4 Å². The fourth-order valence-corrected chi connectivity index (χ4v) is 1.57. The SMILES string of the molecule is CC1NC(CCl)=CS1. The lowest BCUT2D eigenvalue weighted by Crippen LogP contribution is -2.16. The Kier molecular flexibility index (Phi) is 2.08. The van der Waals surface area contributed by atoms with E-state index in [2.05, 4.69) is 17.6 Å². The largest absolute Gasteiger partial charge is 0.375 e. The maximum Gasteiger partial charge on any atom is 0.0733 e. The van der Waals surface area contributed by atoms with Crippen molar-refractivity contribution in [1.29, 1.82) is 0 Å². The summed E-state index contributed by atoms with van der Waals surface area (Å²) in [5, 5.41) is 5.78. The van der Waals surface area contributed by atoms with Gasteiger partial charge in [-0.1, -0.05) is 0 Å². The minimum atomic E-state index is 0.517. The highest BCUT2D eigenvalue weighted by Gasteiger charge is 2.08. The zero-order chi connectivity index (χ0) is 5.98. The van der Waals surface area contributed by atoms with Crippen LogP contribution in [0.1, 0.15) is 6.92 Å². The van der Waals surface area contributed by atoms with Crippen LogP contribution in [0.2, 0.25) is 0 Å². The van der Waals surface area contributed by atoms with E-state index in [1.807, 2.05) is 0 Å². The van der Waals surface area contributed by atoms with Gasteiger partial charge in [0, 0.05) is 5.70 Å². The molecule has 46 valence electrons. The Bertz CT molecular complexity index is 113. The van der Waals surface area contributed by atoms with Crippen LogP contribution >= 0.6 is 23.4 Å². The fourth-order valence-electron chi connectivity index (χ4n) is 0.583. The smallest absolute Gasteiger partial charge is 0.0733 e. The van der Waals surface area contributed by atoms with Crippen molar-refractivity contribution in [3.05, 3.63) is 11.1 Å². The molecule has 1 aliphatic heterocycles. The number of hydrogen-bond acceptors (Lipinski definition) is 2. The zero-order valence-electron chi connectivity index (χ0n) is 4.65. The molecule has 1 rings (SSSR count). The lowest BCUT2D eigenvalue weighted by Gasteiger charge is -2.02. The maximum atomic E-state index is 5.53. The number of hydrogen-bond donors (Lipinski definition) is 1. The number of allylic oxidation sites excluding steroid dienone is 1. The van der Waals surface area contributed by atoms with Crippen LogP contribution < -0.4 is 5.32 Å². The Balaban J connectivity index is 2.37. The van der Waals surface area contributed by atoms with Gasteiger partial charge < -0.3 is 5.32 Å². The number of alkyl halides is 1. The summed E-state index contributed by atoms with van der Waals surface area (Å²) in [4.78, 5) is 0. The van der Waals surface area contributed by atoms with E-state index >= 15 is 0 Å². The van der Waals surface area contributed by atoms with E-state index in [0.717, 1.165) is 5.70 Å². The van der Waals surface area contributed by atoms with Crippen LogP contribution in [0.4, 0.5) is 0 Å². The lowest BCUT2D eigenvalue weighted by molar-refractivity contribution is 0.824. The lowest BCUT2D eigenvalue weighted by atomic mass is 10.5. The molecule has 0 spiro atoms. The van der Waals surface area contributed by atoms with Crippen molar-refractivity contribution >= 4 is 23.4 Å². The van der Waals surface area contributed by atoms with E-state index in [-0.39, 0.29) is 0 Å². The van der Waals surface area contributed by atoms with Crippen molar-refractivity contribution < 1.29 is 0 Å². The average molecular weight is 150 g/mol. The molecule has 8 heavy (non-hydrogen) atoms. The van der Waals surface area contributed by atoms with Crippen LogP contribution in [-0.2, 0) is 0 Å². The Morgan fingerprint density at radius 3 is 3.00 bits per heavy atom. The third-order valence-corrected chi connectivity index (χ3v) is 2.18. The quantitative estimate of drug-likeness (QED) is 0.571. The van der Waals surface area contributed by atoms with E-state index < -0.39 is 0 Å². The highest BCUT2D eigenvalue weighted by atomic mass is 35.5. The monoisotopic (exact) mass is 149 g/mol. The predicted octanol–water partition coefficient (Wildman–Crippen LogP) is 1.75. The fraction of sp³-hybridized carbons (Fsp3) is 0.600. The summed E-state index contributed by atoms with van der Waals surface area (Å²) in [6.45, 7) is 2.11. The first-order chi connectivity index (χ1) is 3.83. The molecule has 3 heteroatoms. The number of halogens is 1. The first kappa shape index (κ1) is 6.30. The van der Waals surface area contributed by atoms with Gasteiger partial charge in [0.1, 0.15) is 0 Å². The normalized spacial score (nSPS) is 27.2. The molecule has 0 fully saturated rings. The molecule has 0 aromatic rings. The number of nitrogens with one attached hydrogen (secondary N) is 1. The van der Waals surface area contributed by atoms with E-state index in [0.29, 0.717) is 11.3 Å². The van der Waals surface area contributed by atoms with Crippen LogP contribution in [0.5, 0.6) is 0 Å². The number of thioether (sulfide) groups is 1. The van der Waals surface area contributed by atoms with Gasteiger partial charge in [0.15, 0.2) is 0 Å². The molecule has 1 N–H and O–H groups in total. The highest BCUT2D eigenvalue weighted by molar-refractivity contribution is 8.02. The van der Waals surface area contributed by atoms with E-state index in [4.69, 9.17) is 11.6 Å². The molecule has 0 bridgehead atoms. The summed E-state index contributed by atoms with van der Waals surface area (Å²) < 4.78 is 0. The van der Waals surface area contributed by atoms with Gasteiger partial charge in [0.05, 0.1) is 11.3 Å². The molecule has 0 radical (unpaired) electrons. The van der Waals surface area contributed by atoms with Crippen molar-refractivity contribution in [3.63, 3.8) is 0 Å². The Hall–Kier alpha value is 0.180. The summed E-state index contributed by atoms with van der Waals surface area (Å²) >= 11 is 7.30. The third-order valence-electron chi connectivity index (χ3n) is 0.947. The first-order valence-electron chi connectivity index (χ1n) is 2.50. The molecule has 1 unspecified atom stereocenters. The minimum Gasteiger partial charge on any atom is -0.375 e. The summed E-state index contributed by atoms with van der Waals surface area (Å²) in [7, 11) is 0. The summed E-state index contributed by atoms with van der Waals surface area (Å²) in [5.74, 6) is 0.608. The van der Waals surface area contributed by atoms with Gasteiger partial charge in [0.25, 0.3) is 0 Å². The topological polar surface area (TPSA) is 12.0 Å². The average Bonchev–Trinajstić information content (AvgIpc) is 2.14. The van der Waals surface area contributed by atoms with Crippen molar-refractivity contribution in [2.75, 3.05) is 5.88 Å². The van der Waals surface area contributed by atoms with Gasteiger partial charge in [0.2, 0.25) is 0 Å². The van der Waals surface area contributed by atoms with Gasteiger partial charge in [-0.05, 0) is 12.3 Å². The maximum absolute atomic E-state index is 5.53. The highest BCUT2D eigenvalue weighted by Crippen LogP contribution is 2.19. The Labute approximate surface area is 58.5 Å². The van der Waals surface area contributed by atoms with Crippen molar-refractivity contribution in [2.45, 2.75) is 12.3 Å². The van der Waals surface area contributed by atoms with E-state index in [1.165, 1.54) is 0 Å². The van der Waals surface area contributed by atoms with Gasteiger partial charge in [-0.2, -0.15) is 0 Å². The van der Waals surface area contributed by atoms with E-state index in [9.17, 15) is 0 Å². The molecular formula is C5H8ClNS. The molecule has 0 saturated heterocycles. The van der Waals surface area contributed by atoms with Crippen LogP contribution in [0.3, 0.4) is 0 Å². The zero-order valence-corrected chi connectivity index (χ0v) is 6.22. The summed E-state index contributed by atoms with van der Waals surface area (Å²) in [5.41, 5.74) is 1.14. The molecule has 1 aliphatic rings. The van der Waals surface area contributed by atoms with E-state index in [1.54, 1.807) is 11.8 Å². The third kappa shape index (κ3) is 1.33. The van der Waals surface area contributed by atoms with Crippen molar-refractivity contribution in [3.8, 4) is 0 Å². The first-order valence-corrected chi connectivity index (χ1v) is 3.97. The standard InChI is InChI=1S/C5H8ClNS/c1-4-7-5(2-6)3-8-4/h3-4,7H,2H2,1H3. The second-order valence-corrected chi connectivity index (χ2v) is 3.18. The number of rotatable bonds is 1. The molecule has 0 aromatic carbocycles. The predicted molar refractivity (Wildman–Crippen MR) is 39.0 cm³/mol. The van der Waals surface area contributed by atoms with Gasteiger partial charge >= 0.3 is 0 Å².